The number of ketones is 1. The average Bonchev–Trinajstić information content (AvgIpc) is 3.25. The Morgan fingerprint density at radius 1 is 1.13 bits per heavy atom. The third-order valence-electron chi connectivity index (χ3n) is 6.74. The van der Waals surface area contributed by atoms with Gasteiger partial charge in [0.2, 0.25) is 0 Å². The molecule has 3 aliphatic rings. The summed E-state index contributed by atoms with van der Waals surface area (Å²) >= 11 is 0. The van der Waals surface area contributed by atoms with Crippen molar-refractivity contribution >= 4 is 17.5 Å². The summed E-state index contributed by atoms with van der Waals surface area (Å²) < 4.78 is 25.4. The highest BCUT2D eigenvalue weighted by molar-refractivity contribution is 6.17. The number of nitrogens with zero attached hydrogens (tertiary/aromatic N) is 2. The topological polar surface area (TPSA) is 72.6 Å². The molecular formula is C23H23FN2O4. The van der Waals surface area contributed by atoms with Crippen LogP contribution in [0, 0.1) is 30.5 Å². The predicted molar refractivity (Wildman–Crippen MR) is 106 cm³/mol. The Bertz CT molecular complexity index is 1070. The van der Waals surface area contributed by atoms with E-state index in [2.05, 4.69) is 19.0 Å². The van der Waals surface area contributed by atoms with Gasteiger partial charge in [0.1, 0.15) is 17.7 Å². The first-order chi connectivity index (χ1) is 14.3. The molecule has 5 atom stereocenters. The minimum Gasteiger partial charge on any atom is -0.483 e. The molecule has 1 saturated carbocycles. The lowest BCUT2D eigenvalue weighted by atomic mass is 9.70. The Morgan fingerprint density at radius 3 is 2.60 bits per heavy atom. The lowest BCUT2D eigenvalue weighted by Crippen LogP contribution is -2.43. The summed E-state index contributed by atoms with van der Waals surface area (Å²) in [7, 11) is 0. The SMILES string of the molecule is Cc1cc(N2C(=O)C3=C(C(=O)C4CC(C)C(C)CC4O3)C2c2cccc(F)c2)no1. The number of benzene rings is 1. The van der Waals surface area contributed by atoms with Gasteiger partial charge in [-0.3, -0.25) is 14.5 Å². The molecule has 6 nitrogen and oxygen atoms in total. The number of fused-ring (bicyclic) bond motifs is 1. The number of ether oxygens (including phenoxy) is 1. The van der Waals surface area contributed by atoms with Crippen molar-refractivity contribution in [2.45, 2.75) is 45.8 Å². The molecule has 0 bridgehead atoms. The van der Waals surface area contributed by atoms with E-state index in [1.165, 1.54) is 17.0 Å². The van der Waals surface area contributed by atoms with Crippen molar-refractivity contribution in [2.24, 2.45) is 17.8 Å². The summed E-state index contributed by atoms with van der Waals surface area (Å²) in [6.45, 7) is 6.02. The maximum Gasteiger partial charge on any atom is 0.295 e. The van der Waals surface area contributed by atoms with E-state index >= 15 is 0 Å². The fourth-order valence-electron chi connectivity index (χ4n) is 4.96. The smallest absolute Gasteiger partial charge is 0.295 e. The van der Waals surface area contributed by atoms with Gasteiger partial charge in [-0.25, -0.2) is 4.39 Å². The fourth-order valence-corrected chi connectivity index (χ4v) is 4.96. The van der Waals surface area contributed by atoms with E-state index < -0.39 is 17.8 Å². The molecule has 0 radical (unpaired) electrons. The molecule has 30 heavy (non-hydrogen) atoms. The quantitative estimate of drug-likeness (QED) is 0.745. The van der Waals surface area contributed by atoms with Gasteiger partial charge in [-0.15, -0.1) is 0 Å². The molecule has 0 N–H and O–H groups in total. The molecule has 0 saturated heterocycles. The van der Waals surface area contributed by atoms with Crippen molar-refractivity contribution in [3.63, 3.8) is 0 Å². The molecule has 3 heterocycles. The Morgan fingerprint density at radius 2 is 1.90 bits per heavy atom. The number of hydrogen-bond acceptors (Lipinski definition) is 5. The summed E-state index contributed by atoms with van der Waals surface area (Å²) in [6, 6.07) is 6.79. The second kappa shape index (κ2) is 6.79. The summed E-state index contributed by atoms with van der Waals surface area (Å²) in [5.74, 6) is 0.427. The number of aryl methyl sites for hydroxylation is 1. The highest BCUT2D eigenvalue weighted by atomic mass is 19.1. The molecule has 2 aliphatic heterocycles. The number of aromatic nitrogens is 1. The number of rotatable bonds is 2. The van der Waals surface area contributed by atoms with Crippen molar-refractivity contribution in [3.05, 3.63) is 58.8 Å². The summed E-state index contributed by atoms with van der Waals surface area (Å²) in [5.41, 5.74) is 0.802. The zero-order valence-electron chi connectivity index (χ0n) is 17.1. The molecule has 0 spiro atoms. The van der Waals surface area contributed by atoms with E-state index in [0.29, 0.717) is 35.2 Å². The Kier molecular flexibility index (Phi) is 4.31. The highest BCUT2D eigenvalue weighted by Crippen LogP contribution is 2.49. The van der Waals surface area contributed by atoms with Crippen molar-refractivity contribution in [1.82, 2.24) is 5.16 Å². The average molecular weight is 410 g/mol. The number of halogens is 1. The predicted octanol–water partition coefficient (Wildman–Crippen LogP) is 4.11. The molecule has 5 rings (SSSR count). The van der Waals surface area contributed by atoms with Gasteiger partial charge in [-0.2, -0.15) is 0 Å². The normalized spacial score (nSPS) is 30.9. The van der Waals surface area contributed by atoms with E-state index in [1.807, 2.05) is 0 Å². The van der Waals surface area contributed by atoms with Crippen LogP contribution in [0.3, 0.4) is 0 Å². The van der Waals surface area contributed by atoms with Gasteiger partial charge in [-0.05, 0) is 49.3 Å². The van der Waals surface area contributed by atoms with E-state index in [9.17, 15) is 14.0 Å². The molecule has 1 fully saturated rings. The van der Waals surface area contributed by atoms with Gasteiger partial charge < -0.3 is 9.26 Å². The first-order valence-electron chi connectivity index (χ1n) is 10.3. The van der Waals surface area contributed by atoms with E-state index in [4.69, 9.17) is 9.26 Å². The van der Waals surface area contributed by atoms with Gasteiger partial charge in [0.05, 0.1) is 17.5 Å². The van der Waals surface area contributed by atoms with Crippen LogP contribution in [0.1, 0.15) is 44.1 Å². The molecule has 7 heteroatoms. The molecule has 1 aliphatic carbocycles. The second-order valence-corrected chi connectivity index (χ2v) is 8.72. The van der Waals surface area contributed by atoms with Crippen LogP contribution in [0.2, 0.25) is 0 Å². The van der Waals surface area contributed by atoms with Crippen LogP contribution in [-0.4, -0.2) is 23.0 Å². The minimum atomic E-state index is -0.796. The van der Waals surface area contributed by atoms with Crippen LogP contribution >= 0.6 is 0 Å². The monoisotopic (exact) mass is 410 g/mol. The Balaban J connectivity index is 1.64. The van der Waals surface area contributed by atoms with Crippen molar-refractivity contribution in [2.75, 3.05) is 4.90 Å². The summed E-state index contributed by atoms with van der Waals surface area (Å²) in [4.78, 5) is 28.4. The molecule has 1 aromatic heterocycles. The number of hydrogen-bond donors (Lipinski definition) is 0. The number of carbonyl (C=O) groups excluding carboxylic acids is 2. The Labute approximate surface area is 173 Å². The standard InChI is InChI=1S/C23H23FN2O4/c1-11-7-16-17(8-12(11)2)29-22-19(21(16)27)20(14-5-4-6-15(24)10-14)26(23(22)28)18-9-13(3)30-25-18/h4-6,9-12,16-17,20H,7-8H2,1-3H3. The maximum absolute atomic E-state index is 14.1. The number of anilines is 1. The lowest BCUT2D eigenvalue weighted by Gasteiger charge is -2.40. The maximum atomic E-state index is 14.1. The number of carbonyl (C=O) groups is 2. The van der Waals surface area contributed by atoms with Crippen LogP contribution < -0.4 is 4.90 Å². The van der Waals surface area contributed by atoms with Gasteiger partial charge in [0, 0.05) is 6.07 Å². The molecule has 1 amide bonds. The second-order valence-electron chi connectivity index (χ2n) is 8.72. The number of amides is 1. The van der Waals surface area contributed by atoms with Crippen molar-refractivity contribution in [1.29, 1.82) is 0 Å². The minimum absolute atomic E-state index is 0.0675. The van der Waals surface area contributed by atoms with Gasteiger partial charge in [0.25, 0.3) is 5.91 Å². The van der Waals surface area contributed by atoms with E-state index in [0.717, 1.165) is 6.42 Å². The highest BCUT2D eigenvalue weighted by Gasteiger charge is 2.54. The Hall–Kier alpha value is -2.96. The summed E-state index contributed by atoms with van der Waals surface area (Å²) in [6.07, 6.45) is 1.14. The van der Waals surface area contributed by atoms with Crippen LogP contribution in [0.4, 0.5) is 10.2 Å². The molecule has 5 unspecified atom stereocenters. The number of Topliss-reactive ketones (excluding diaryl/α,β-unsaturated/α-hetero) is 1. The fraction of sp³-hybridized carbons (Fsp3) is 0.435. The largest absolute Gasteiger partial charge is 0.483 e. The van der Waals surface area contributed by atoms with Crippen LogP contribution in [0.25, 0.3) is 0 Å². The van der Waals surface area contributed by atoms with Gasteiger partial charge >= 0.3 is 0 Å². The molecule has 2 aromatic rings. The molecular weight excluding hydrogens is 387 g/mol. The first kappa shape index (κ1) is 19.0. The van der Waals surface area contributed by atoms with Crippen LogP contribution in [-0.2, 0) is 14.3 Å². The molecule has 1 aromatic carbocycles. The third-order valence-corrected chi connectivity index (χ3v) is 6.74. The van der Waals surface area contributed by atoms with Crippen LogP contribution in [0.5, 0.6) is 0 Å². The first-order valence-corrected chi connectivity index (χ1v) is 10.3. The van der Waals surface area contributed by atoms with E-state index in [-0.39, 0.29) is 29.4 Å². The van der Waals surface area contributed by atoms with Crippen LogP contribution in [0.15, 0.2) is 46.2 Å². The van der Waals surface area contributed by atoms with Crippen molar-refractivity contribution < 1.29 is 23.2 Å². The zero-order valence-corrected chi connectivity index (χ0v) is 17.1. The lowest BCUT2D eigenvalue weighted by molar-refractivity contribution is -0.134. The van der Waals surface area contributed by atoms with Gasteiger partial charge in [-0.1, -0.05) is 31.1 Å². The van der Waals surface area contributed by atoms with Crippen molar-refractivity contribution in [3.8, 4) is 0 Å². The summed E-state index contributed by atoms with van der Waals surface area (Å²) in [5, 5.41) is 3.99. The molecule has 156 valence electrons. The van der Waals surface area contributed by atoms with Gasteiger partial charge in [0.15, 0.2) is 17.4 Å². The third kappa shape index (κ3) is 2.79. The van der Waals surface area contributed by atoms with E-state index in [1.54, 1.807) is 25.1 Å². The zero-order chi connectivity index (χ0) is 21.2.